The molecular weight excluding hydrogens is 353 g/mol. The van der Waals surface area contributed by atoms with Crippen LogP contribution in [0.4, 0.5) is 4.39 Å². The molecule has 0 bridgehead atoms. The lowest BCUT2D eigenvalue weighted by Crippen LogP contribution is -2.23. The predicted molar refractivity (Wildman–Crippen MR) is 77.2 cm³/mol. The van der Waals surface area contributed by atoms with Crippen molar-refractivity contribution in [2.24, 2.45) is 0 Å². The third-order valence-electron chi connectivity index (χ3n) is 2.48. The molecule has 0 saturated heterocycles. The van der Waals surface area contributed by atoms with Gasteiger partial charge in [-0.3, -0.25) is 0 Å². The van der Waals surface area contributed by atoms with Gasteiger partial charge in [-0.05, 0) is 52.7 Å². The highest BCUT2D eigenvalue weighted by Gasteiger charge is 2.17. The maximum absolute atomic E-state index is 13.0. The Morgan fingerprint density at radius 3 is 2.68 bits per heavy atom. The van der Waals surface area contributed by atoms with Crippen molar-refractivity contribution < 1.29 is 12.8 Å². The van der Waals surface area contributed by atoms with Crippen LogP contribution in [0.25, 0.3) is 0 Å². The summed E-state index contributed by atoms with van der Waals surface area (Å²) in [4.78, 5) is 1.000. The highest BCUT2D eigenvalue weighted by molar-refractivity contribution is 9.10. The molecule has 0 radical (unpaired) electrons. The second-order valence-corrected chi connectivity index (χ2v) is 7.61. The van der Waals surface area contributed by atoms with Crippen molar-refractivity contribution in [3.8, 4) is 0 Å². The summed E-state index contributed by atoms with van der Waals surface area (Å²) in [5.74, 6) is -0.446. The molecule has 0 amide bonds. The first-order chi connectivity index (χ1) is 8.88. The molecule has 0 aliphatic carbocycles. The van der Waals surface area contributed by atoms with Crippen molar-refractivity contribution in [3.05, 3.63) is 50.4 Å². The molecule has 0 atom stereocenters. The molecular formula is C12H11BrFNO2S2. The van der Waals surface area contributed by atoms with Crippen LogP contribution in [-0.2, 0) is 16.6 Å². The van der Waals surface area contributed by atoms with Crippen LogP contribution in [0.15, 0.2) is 39.0 Å². The molecule has 3 nitrogen and oxygen atoms in total. The van der Waals surface area contributed by atoms with Crippen LogP contribution in [0.1, 0.15) is 10.4 Å². The van der Waals surface area contributed by atoms with Gasteiger partial charge < -0.3 is 0 Å². The van der Waals surface area contributed by atoms with E-state index in [1.807, 2.05) is 11.4 Å². The van der Waals surface area contributed by atoms with E-state index in [2.05, 4.69) is 20.7 Å². The zero-order valence-corrected chi connectivity index (χ0v) is 13.2. The summed E-state index contributed by atoms with van der Waals surface area (Å²) >= 11 is 4.77. The van der Waals surface area contributed by atoms with Crippen LogP contribution in [0, 0.1) is 12.7 Å². The molecule has 0 spiro atoms. The average molecular weight is 364 g/mol. The zero-order valence-electron chi connectivity index (χ0n) is 9.98. The number of halogens is 2. The monoisotopic (exact) mass is 363 g/mol. The number of hydrogen-bond acceptors (Lipinski definition) is 3. The minimum absolute atomic E-state index is 0.101. The quantitative estimate of drug-likeness (QED) is 0.904. The van der Waals surface area contributed by atoms with Gasteiger partial charge in [0.1, 0.15) is 5.82 Å². The van der Waals surface area contributed by atoms with E-state index in [9.17, 15) is 12.8 Å². The summed E-state index contributed by atoms with van der Waals surface area (Å²) in [5, 5.41) is 1.88. The molecule has 0 aliphatic rings. The molecule has 1 heterocycles. The lowest BCUT2D eigenvalue weighted by molar-refractivity contribution is 0.580. The summed E-state index contributed by atoms with van der Waals surface area (Å²) in [6.07, 6.45) is 0. The Balaban J connectivity index is 2.18. The van der Waals surface area contributed by atoms with Crippen molar-refractivity contribution in [3.63, 3.8) is 0 Å². The molecule has 2 rings (SSSR count). The molecule has 19 heavy (non-hydrogen) atoms. The third-order valence-corrected chi connectivity index (χ3v) is 5.74. The van der Waals surface area contributed by atoms with Gasteiger partial charge in [-0.1, -0.05) is 0 Å². The fraction of sp³-hybridized carbons (Fsp3) is 0.167. The Kier molecular flexibility index (Phi) is 4.39. The van der Waals surface area contributed by atoms with Crippen LogP contribution in [0.3, 0.4) is 0 Å². The van der Waals surface area contributed by atoms with Crippen LogP contribution < -0.4 is 4.72 Å². The van der Waals surface area contributed by atoms with Crippen LogP contribution >= 0.6 is 27.3 Å². The summed E-state index contributed by atoms with van der Waals surface area (Å²) in [6, 6.07) is 5.47. The predicted octanol–water partition coefficient (Wildman–Crippen LogP) is 3.44. The van der Waals surface area contributed by atoms with Gasteiger partial charge in [0.2, 0.25) is 10.0 Å². The Labute approximate surface area is 123 Å². The number of hydrogen-bond donors (Lipinski definition) is 1. The lowest BCUT2D eigenvalue weighted by atomic mass is 10.2. The Morgan fingerprint density at radius 1 is 1.37 bits per heavy atom. The number of sulfonamides is 1. The summed E-state index contributed by atoms with van der Waals surface area (Å²) < 4.78 is 40.6. The molecule has 2 aromatic rings. The standard InChI is InChI=1S/C12H11BrFNO2S2/c1-8-4-10(14)2-3-12(8)19(16,17)15-6-11-5-9(13)7-18-11/h2-5,7,15H,6H2,1H3. The van der Waals surface area contributed by atoms with E-state index in [1.54, 1.807) is 6.92 Å². The normalized spacial score (nSPS) is 11.7. The highest BCUT2D eigenvalue weighted by Crippen LogP contribution is 2.21. The average Bonchev–Trinajstić information content (AvgIpc) is 2.72. The molecule has 0 fully saturated rings. The van der Waals surface area contributed by atoms with E-state index in [0.717, 1.165) is 15.4 Å². The van der Waals surface area contributed by atoms with Gasteiger partial charge >= 0.3 is 0 Å². The van der Waals surface area contributed by atoms with Gasteiger partial charge in [0, 0.05) is 21.3 Å². The SMILES string of the molecule is Cc1cc(F)ccc1S(=O)(=O)NCc1cc(Br)cs1. The van der Waals surface area contributed by atoms with Crippen LogP contribution in [0.2, 0.25) is 0 Å². The Bertz CT molecular complexity index is 698. The van der Waals surface area contributed by atoms with Gasteiger partial charge in [0.25, 0.3) is 0 Å². The fourth-order valence-corrected chi connectivity index (χ4v) is 4.32. The number of nitrogens with one attached hydrogen (secondary N) is 1. The van der Waals surface area contributed by atoms with Gasteiger partial charge in [0.15, 0.2) is 0 Å². The molecule has 0 unspecified atom stereocenters. The third kappa shape index (κ3) is 3.62. The van der Waals surface area contributed by atoms with Crippen LogP contribution in [0.5, 0.6) is 0 Å². The van der Waals surface area contributed by atoms with E-state index >= 15 is 0 Å². The van der Waals surface area contributed by atoms with Crippen LogP contribution in [-0.4, -0.2) is 8.42 Å². The smallest absolute Gasteiger partial charge is 0.207 e. The van der Waals surface area contributed by atoms with Crippen molar-refractivity contribution in [1.29, 1.82) is 0 Å². The minimum atomic E-state index is -3.62. The molecule has 0 saturated carbocycles. The van der Waals surface area contributed by atoms with Crippen molar-refractivity contribution in [2.45, 2.75) is 18.4 Å². The van der Waals surface area contributed by atoms with Gasteiger partial charge in [-0.25, -0.2) is 17.5 Å². The van der Waals surface area contributed by atoms with Gasteiger partial charge in [-0.2, -0.15) is 0 Å². The number of thiophene rings is 1. The van der Waals surface area contributed by atoms with E-state index in [0.29, 0.717) is 5.56 Å². The Morgan fingerprint density at radius 2 is 2.11 bits per heavy atom. The van der Waals surface area contributed by atoms with Crippen molar-refractivity contribution >= 4 is 37.3 Å². The van der Waals surface area contributed by atoms with E-state index in [1.165, 1.54) is 23.5 Å². The van der Waals surface area contributed by atoms with E-state index in [4.69, 9.17) is 0 Å². The highest BCUT2D eigenvalue weighted by atomic mass is 79.9. The topological polar surface area (TPSA) is 46.2 Å². The Hall–Kier alpha value is -0.760. The van der Waals surface area contributed by atoms with E-state index < -0.39 is 15.8 Å². The second kappa shape index (κ2) is 5.70. The maximum atomic E-state index is 13.0. The van der Waals surface area contributed by atoms with Gasteiger partial charge in [-0.15, -0.1) is 11.3 Å². The molecule has 7 heteroatoms. The zero-order chi connectivity index (χ0) is 14.0. The van der Waals surface area contributed by atoms with E-state index in [-0.39, 0.29) is 11.4 Å². The van der Waals surface area contributed by atoms with Gasteiger partial charge in [0.05, 0.1) is 4.90 Å². The molecule has 0 aliphatic heterocycles. The molecule has 1 aromatic carbocycles. The molecule has 102 valence electrons. The first-order valence-corrected chi connectivity index (χ1v) is 8.53. The van der Waals surface area contributed by atoms with Crippen molar-refractivity contribution in [2.75, 3.05) is 0 Å². The molecule has 1 aromatic heterocycles. The first-order valence-electron chi connectivity index (χ1n) is 5.37. The molecule has 1 N–H and O–H groups in total. The summed E-state index contributed by atoms with van der Waals surface area (Å²) in [6.45, 7) is 1.79. The summed E-state index contributed by atoms with van der Waals surface area (Å²) in [5.41, 5.74) is 0.389. The lowest BCUT2D eigenvalue weighted by Gasteiger charge is -2.08. The first kappa shape index (κ1) is 14.6. The summed E-state index contributed by atoms with van der Waals surface area (Å²) in [7, 11) is -3.62. The minimum Gasteiger partial charge on any atom is -0.207 e. The largest absolute Gasteiger partial charge is 0.241 e. The number of benzene rings is 1. The maximum Gasteiger partial charge on any atom is 0.241 e. The van der Waals surface area contributed by atoms with Crippen molar-refractivity contribution in [1.82, 2.24) is 4.72 Å². The second-order valence-electron chi connectivity index (χ2n) is 3.97. The number of rotatable bonds is 4. The number of aryl methyl sites for hydroxylation is 1. The fourth-order valence-electron chi connectivity index (χ4n) is 1.60.